The summed E-state index contributed by atoms with van der Waals surface area (Å²) in [6.45, 7) is 2.14. The van der Waals surface area contributed by atoms with Crippen LogP contribution in [-0.2, 0) is 11.4 Å². The Morgan fingerprint density at radius 2 is 2.19 bits per heavy atom. The van der Waals surface area contributed by atoms with E-state index < -0.39 is 5.97 Å². The van der Waals surface area contributed by atoms with Crippen molar-refractivity contribution in [2.45, 2.75) is 13.5 Å². The highest BCUT2D eigenvalue weighted by Crippen LogP contribution is 2.15. The van der Waals surface area contributed by atoms with Crippen molar-refractivity contribution in [1.82, 2.24) is 4.98 Å². The van der Waals surface area contributed by atoms with Crippen LogP contribution in [-0.4, -0.2) is 16.1 Å². The summed E-state index contributed by atoms with van der Waals surface area (Å²) in [5.41, 5.74) is 2.25. The average molecular weight is 287 g/mol. The molecule has 2 aromatic rings. The molecule has 0 spiro atoms. The molecule has 0 aliphatic carbocycles. The summed E-state index contributed by atoms with van der Waals surface area (Å²) in [5, 5.41) is 8.52. The number of carboxylic acids is 1. The monoisotopic (exact) mass is 287 g/mol. The zero-order valence-corrected chi connectivity index (χ0v) is 11.4. The van der Waals surface area contributed by atoms with E-state index in [4.69, 9.17) is 9.84 Å². The molecule has 0 radical (unpaired) electrons. The molecular weight excluding hydrogens is 273 g/mol. The van der Waals surface area contributed by atoms with Gasteiger partial charge in [-0.3, -0.25) is 4.98 Å². The van der Waals surface area contributed by atoms with Crippen molar-refractivity contribution in [2.75, 3.05) is 0 Å². The van der Waals surface area contributed by atoms with Crippen LogP contribution >= 0.6 is 0 Å². The second kappa shape index (κ2) is 6.65. The van der Waals surface area contributed by atoms with Crippen LogP contribution in [0.2, 0.25) is 0 Å². The summed E-state index contributed by atoms with van der Waals surface area (Å²) >= 11 is 0. The summed E-state index contributed by atoms with van der Waals surface area (Å²) < 4.78 is 18.6. The number of pyridine rings is 1. The van der Waals surface area contributed by atoms with Crippen molar-refractivity contribution < 1.29 is 19.0 Å². The Kier molecular flexibility index (Phi) is 4.66. The predicted molar refractivity (Wildman–Crippen MR) is 76.4 cm³/mol. The summed E-state index contributed by atoms with van der Waals surface area (Å²) in [6.07, 6.45) is 3.93. The zero-order chi connectivity index (χ0) is 15.2. The topological polar surface area (TPSA) is 59.4 Å². The van der Waals surface area contributed by atoms with Gasteiger partial charge in [0.2, 0.25) is 0 Å². The normalized spacial score (nSPS) is 10.8. The van der Waals surface area contributed by atoms with Gasteiger partial charge in [0.25, 0.3) is 0 Å². The molecule has 0 saturated heterocycles. The molecule has 4 nitrogen and oxygen atoms in total. The molecule has 0 bridgehead atoms. The number of benzene rings is 1. The van der Waals surface area contributed by atoms with E-state index in [2.05, 4.69) is 4.98 Å². The van der Waals surface area contributed by atoms with Crippen LogP contribution in [0.4, 0.5) is 4.39 Å². The van der Waals surface area contributed by atoms with Crippen LogP contribution in [0.25, 0.3) is 6.08 Å². The highest BCUT2D eigenvalue weighted by Gasteiger charge is 2.02. The second-order valence-corrected chi connectivity index (χ2v) is 4.45. The Morgan fingerprint density at radius 3 is 2.81 bits per heavy atom. The number of aliphatic carboxylic acids is 1. The van der Waals surface area contributed by atoms with Crippen LogP contribution in [0.15, 0.2) is 42.6 Å². The van der Waals surface area contributed by atoms with E-state index in [-0.39, 0.29) is 5.82 Å². The molecule has 5 heteroatoms. The van der Waals surface area contributed by atoms with Crippen LogP contribution in [0.1, 0.15) is 16.8 Å². The Hall–Kier alpha value is -2.69. The number of carbonyl (C=O) groups is 1. The Morgan fingerprint density at radius 1 is 1.38 bits per heavy atom. The number of ether oxygens (including phenoxy) is 1. The predicted octanol–water partition coefficient (Wildman–Crippen LogP) is 3.21. The maximum Gasteiger partial charge on any atom is 0.328 e. The first-order valence-corrected chi connectivity index (χ1v) is 6.29. The number of rotatable bonds is 5. The second-order valence-electron chi connectivity index (χ2n) is 4.45. The minimum absolute atomic E-state index is 0.271. The molecule has 0 aliphatic rings. The van der Waals surface area contributed by atoms with Gasteiger partial charge in [-0.25, -0.2) is 9.18 Å². The van der Waals surface area contributed by atoms with Crippen molar-refractivity contribution in [3.63, 3.8) is 0 Å². The molecule has 0 amide bonds. The first-order valence-electron chi connectivity index (χ1n) is 6.29. The lowest BCUT2D eigenvalue weighted by Gasteiger charge is -2.08. The summed E-state index contributed by atoms with van der Waals surface area (Å²) in [7, 11) is 0. The molecular formula is C16H14FNO3. The van der Waals surface area contributed by atoms with Crippen LogP contribution < -0.4 is 4.74 Å². The number of hydrogen-bond donors (Lipinski definition) is 1. The third-order valence-electron chi connectivity index (χ3n) is 2.85. The average Bonchev–Trinajstić information content (AvgIpc) is 2.45. The molecule has 0 unspecified atom stereocenters. The van der Waals surface area contributed by atoms with Gasteiger partial charge < -0.3 is 9.84 Å². The van der Waals surface area contributed by atoms with Gasteiger partial charge >= 0.3 is 5.97 Å². The molecule has 1 aromatic heterocycles. The number of carboxylic acid groups (broad SMARTS) is 1. The van der Waals surface area contributed by atoms with E-state index in [1.807, 2.05) is 6.92 Å². The van der Waals surface area contributed by atoms with Crippen LogP contribution in [0.3, 0.4) is 0 Å². The molecule has 0 aliphatic heterocycles. The van der Waals surface area contributed by atoms with E-state index in [0.717, 1.165) is 17.2 Å². The van der Waals surface area contributed by atoms with E-state index in [1.54, 1.807) is 18.2 Å². The molecule has 0 saturated carbocycles. The fraction of sp³-hybridized carbons (Fsp3) is 0.125. The Balaban J connectivity index is 1.99. The summed E-state index contributed by atoms with van der Waals surface area (Å²) in [5.74, 6) is -0.734. The molecule has 1 heterocycles. The van der Waals surface area contributed by atoms with E-state index in [9.17, 15) is 9.18 Å². The highest BCUT2D eigenvalue weighted by atomic mass is 19.1. The van der Waals surface area contributed by atoms with Crippen LogP contribution in [0, 0.1) is 12.7 Å². The zero-order valence-electron chi connectivity index (χ0n) is 11.4. The molecule has 1 N–H and O–H groups in total. The molecule has 108 valence electrons. The van der Waals surface area contributed by atoms with Gasteiger partial charge in [-0.1, -0.05) is 6.07 Å². The molecule has 21 heavy (non-hydrogen) atoms. The number of nitrogens with zero attached hydrogens (tertiary/aromatic N) is 1. The third kappa shape index (κ3) is 4.42. The van der Waals surface area contributed by atoms with Crippen molar-refractivity contribution in [3.8, 4) is 5.75 Å². The summed E-state index contributed by atoms with van der Waals surface area (Å²) in [6, 6.07) is 7.89. The minimum atomic E-state index is -1.02. The van der Waals surface area contributed by atoms with E-state index in [1.165, 1.54) is 24.4 Å². The van der Waals surface area contributed by atoms with Gasteiger partial charge in [0, 0.05) is 6.08 Å². The van der Waals surface area contributed by atoms with Gasteiger partial charge in [0.05, 0.1) is 11.9 Å². The SMILES string of the molecule is Cc1cc(F)ccc1COc1ccc(/C=C/C(=O)O)nc1. The maximum absolute atomic E-state index is 13.0. The molecule has 1 aromatic carbocycles. The number of halogens is 1. The Labute approximate surface area is 121 Å². The van der Waals surface area contributed by atoms with Gasteiger partial charge in [-0.05, 0) is 48.4 Å². The van der Waals surface area contributed by atoms with E-state index >= 15 is 0 Å². The van der Waals surface area contributed by atoms with Gasteiger partial charge in [0.15, 0.2) is 0 Å². The number of hydrogen-bond acceptors (Lipinski definition) is 3. The third-order valence-corrected chi connectivity index (χ3v) is 2.85. The van der Waals surface area contributed by atoms with Crippen molar-refractivity contribution >= 4 is 12.0 Å². The molecule has 0 fully saturated rings. The number of aryl methyl sites for hydroxylation is 1. The Bertz CT molecular complexity index is 666. The smallest absolute Gasteiger partial charge is 0.328 e. The van der Waals surface area contributed by atoms with Gasteiger partial charge in [-0.2, -0.15) is 0 Å². The minimum Gasteiger partial charge on any atom is -0.487 e. The maximum atomic E-state index is 13.0. The number of aromatic nitrogens is 1. The molecule has 0 atom stereocenters. The first-order chi connectivity index (χ1) is 10.0. The van der Waals surface area contributed by atoms with E-state index in [0.29, 0.717) is 18.1 Å². The standard InChI is InChI=1S/C16H14FNO3/c1-11-8-13(17)3-2-12(11)10-21-15-6-4-14(18-9-15)5-7-16(19)20/h2-9H,10H2,1H3,(H,19,20)/b7-5+. The van der Waals surface area contributed by atoms with Crippen molar-refractivity contribution in [2.24, 2.45) is 0 Å². The van der Waals surface area contributed by atoms with Gasteiger partial charge in [-0.15, -0.1) is 0 Å². The lowest BCUT2D eigenvalue weighted by Crippen LogP contribution is -1.99. The first kappa shape index (κ1) is 14.7. The quantitative estimate of drug-likeness (QED) is 0.858. The van der Waals surface area contributed by atoms with Crippen molar-refractivity contribution in [1.29, 1.82) is 0 Å². The van der Waals surface area contributed by atoms with Crippen molar-refractivity contribution in [3.05, 3.63) is 65.2 Å². The summed E-state index contributed by atoms with van der Waals surface area (Å²) in [4.78, 5) is 14.5. The van der Waals surface area contributed by atoms with Gasteiger partial charge in [0.1, 0.15) is 18.2 Å². The lowest BCUT2D eigenvalue weighted by atomic mass is 10.1. The molecule has 2 rings (SSSR count). The van der Waals surface area contributed by atoms with Crippen LogP contribution in [0.5, 0.6) is 5.75 Å². The lowest BCUT2D eigenvalue weighted by molar-refractivity contribution is -0.131. The fourth-order valence-corrected chi connectivity index (χ4v) is 1.71. The highest BCUT2D eigenvalue weighted by molar-refractivity contribution is 5.84. The fourth-order valence-electron chi connectivity index (χ4n) is 1.71. The largest absolute Gasteiger partial charge is 0.487 e.